The molecule has 0 saturated heterocycles. The van der Waals surface area contributed by atoms with Crippen LogP contribution in [0.25, 0.3) is 0 Å². The molecule has 0 spiro atoms. The van der Waals surface area contributed by atoms with Gasteiger partial charge in [0.15, 0.2) is 5.13 Å². The van der Waals surface area contributed by atoms with Gasteiger partial charge in [-0.25, -0.2) is 4.98 Å². The van der Waals surface area contributed by atoms with Crippen molar-refractivity contribution < 1.29 is 0 Å². The summed E-state index contributed by atoms with van der Waals surface area (Å²) in [5.41, 5.74) is 3.41. The van der Waals surface area contributed by atoms with Crippen LogP contribution in [0.4, 0.5) is 10.8 Å². The van der Waals surface area contributed by atoms with Crippen molar-refractivity contribution in [2.45, 2.75) is 32.6 Å². The first-order valence-electron chi connectivity index (χ1n) is 8.08. The summed E-state index contributed by atoms with van der Waals surface area (Å²) >= 11 is 11.2. The fourth-order valence-corrected chi connectivity index (χ4v) is 4.34. The van der Waals surface area contributed by atoms with Crippen LogP contribution in [0.1, 0.15) is 36.9 Å². The minimum absolute atomic E-state index is 0. The smallest absolute Gasteiger partial charge is 0.187 e. The van der Waals surface area contributed by atoms with E-state index in [-0.39, 0.29) is 22.4 Å². The zero-order chi connectivity index (χ0) is 18.0. The van der Waals surface area contributed by atoms with Gasteiger partial charge in [-0.2, -0.15) is 0 Å². The first-order valence-corrected chi connectivity index (χ1v) is 10.1. The monoisotopic (exact) mass is 514 g/mol. The summed E-state index contributed by atoms with van der Waals surface area (Å²) in [7, 11) is 0. The van der Waals surface area contributed by atoms with Crippen molar-refractivity contribution in [1.29, 1.82) is 0 Å². The van der Waals surface area contributed by atoms with Crippen LogP contribution in [-0.4, -0.2) is 4.98 Å². The maximum atomic E-state index is 6.00. The number of hydrogen-bond acceptors (Lipinski definition) is 3. The molecule has 0 bridgehead atoms. The molecular weight excluding hydrogens is 496 g/mol. The number of rotatable bonds is 4. The van der Waals surface area contributed by atoms with E-state index in [1.54, 1.807) is 11.3 Å². The van der Waals surface area contributed by atoms with E-state index in [2.05, 4.69) is 60.2 Å². The van der Waals surface area contributed by atoms with Crippen LogP contribution in [-0.2, 0) is 11.8 Å². The second-order valence-corrected chi connectivity index (χ2v) is 9.42. The van der Waals surface area contributed by atoms with Crippen LogP contribution >= 0.6 is 55.8 Å². The summed E-state index contributed by atoms with van der Waals surface area (Å²) in [6, 6.07) is 16.2. The fraction of sp³-hybridized carbons (Fsp3) is 0.250. The number of halogens is 3. The standard InChI is InChI=1S/C20H20BrClN2S.BrH/c1-20(2,3)18-17(11-13-7-9-15(22)10-8-13)25-19(24-18)23-16-6-4-5-14(21)12-16;/h4-10,12H,11H2,1-3H3,(H,23,24);1H. The van der Waals surface area contributed by atoms with Gasteiger partial charge in [0.1, 0.15) is 0 Å². The minimum atomic E-state index is -0.00450. The molecule has 2 aromatic carbocycles. The van der Waals surface area contributed by atoms with E-state index in [1.165, 1.54) is 10.4 Å². The zero-order valence-electron chi connectivity index (χ0n) is 14.8. The lowest BCUT2D eigenvalue weighted by atomic mass is 9.90. The molecule has 0 aliphatic rings. The molecule has 1 N–H and O–H groups in total. The Morgan fingerprint density at radius 2 is 1.81 bits per heavy atom. The Morgan fingerprint density at radius 1 is 1.12 bits per heavy atom. The summed E-state index contributed by atoms with van der Waals surface area (Å²) in [6.45, 7) is 6.61. The number of hydrogen-bond donors (Lipinski definition) is 1. The Bertz CT molecular complexity index is 870. The quantitative estimate of drug-likeness (QED) is 0.383. The molecule has 2 nitrogen and oxygen atoms in total. The van der Waals surface area contributed by atoms with E-state index in [0.717, 1.165) is 32.4 Å². The summed E-state index contributed by atoms with van der Waals surface area (Å²) in [5.74, 6) is 0. The van der Waals surface area contributed by atoms with Gasteiger partial charge in [-0.05, 0) is 35.9 Å². The molecule has 0 radical (unpaired) electrons. The van der Waals surface area contributed by atoms with Gasteiger partial charge < -0.3 is 5.32 Å². The van der Waals surface area contributed by atoms with E-state index >= 15 is 0 Å². The molecule has 0 aliphatic heterocycles. The molecule has 138 valence electrons. The van der Waals surface area contributed by atoms with Crippen molar-refractivity contribution in [3.63, 3.8) is 0 Å². The molecule has 0 saturated carbocycles. The SMILES string of the molecule is Br.CC(C)(C)c1nc(Nc2cccc(Br)c2)sc1Cc1ccc(Cl)cc1. The largest absolute Gasteiger partial charge is 0.332 e. The Kier molecular flexibility index (Phi) is 7.31. The van der Waals surface area contributed by atoms with Gasteiger partial charge in [0, 0.05) is 31.9 Å². The van der Waals surface area contributed by atoms with Crippen molar-refractivity contribution in [2.75, 3.05) is 5.32 Å². The Labute approximate surface area is 182 Å². The van der Waals surface area contributed by atoms with E-state index < -0.39 is 0 Å². The lowest BCUT2D eigenvalue weighted by Gasteiger charge is -2.17. The van der Waals surface area contributed by atoms with Crippen molar-refractivity contribution in [3.8, 4) is 0 Å². The molecule has 26 heavy (non-hydrogen) atoms. The van der Waals surface area contributed by atoms with Crippen molar-refractivity contribution in [2.24, 2.45) is 0 Å². The van der Waals surface area contributed by atoms with Gasteiger partial charge in [-0.3, -0.25) is 0 Å². The van der Waals surface area contributed by atoms with Gasteiger partial charge in [-0.15, -0.1) is 28.3 Å². The maximum Gasteiger partial charge on any atom is 0.187 e. The van der Waals surface area contributed by atoms with Crippen LogP contribution in [0.3, 0.4) is 0 Å². The van der Waals surface area contributed by atoms with Gasteiger partial charge >= 0.3 is 0 Å². The van der Waals surface area contributed by atoms with Crippen LogP contribution in [0.2, 0.25) is 5.02 Å². The van der Waals surface area contributed by atoms with Crippen LogP contribution < -0.4 is 5.32 Å². The second kappa shape index (κ2) is 8.87. The normalized spacial score (nSPS) is 11.1. The van der Waals surface area contributed by atoms with Gasteiger partial charge in [0.25, 0.3) is 0 Å². The van der Waals surface area contributed by atoms with Crippen molar-refractivity contribution in [1.82, 2.24) is 4.98 Å². The second-order valence-electron chi connectivity index (χ2n) is 6.98. The Hall–Kier alpha value is -0.880. The molecule has 1 aromatic heterocycles. The maximum absolute atomic E-state index is 6.00. The molecule has 0 unspecified atom stereocenters. The third-order valence-electron chi connectivity index (χ3n) is 3.76. The van der Waals surface area contributed by atoms with E-state index in [0.29, 0.717) is 0 Å². The first-order chi connectivity index (χ1) is 11.8. The Balaban J connectivity index is 0.00000243. The average Bonchev–Trinajstić information content (AvgIpc) is 2.92. The summed E-state index contributed by atoms with van der Waals surface area (Å²) in [5, 5.41) is 5.12. The number of aromatic nitrogens is 1. The molecule has 3 aromatic rings. The number of nitrogens with zero attached hydrogens (tertiary/aromatic N) is 1. The molecule has 3 rings (SSSR count). The highest BCUT2D eigenvalue weighted by Crippen LogP contribution is 2.35. The zero-order valence-corrected chi connectivity index (χ0v) is 19.7. The lowest BCUT2D eigenvalue weighted by molar-refractivity contribution is 0.568. The molecule has 1 heterocycles. The predicted octanol–water partition coefficient (Wildman–Crippen LogP) is 7.77. The van der Waals surface area contributed by atoms with Gasteiger partial charge in [0.05, 0.1) is 5.69 Å². The first kappa shape index (κ1) is 21.4. The van der Waals surface area contributed by atoms with Crippen LogP contribution in [0, 0.1) is 0 Å². The third-order valence-corrected chi connectivity index (χ3v) is 5.48. The van der Waals surface area contributed by atoms with Crippen molar-refractivity contribution in [3.05, 3.63) is 74.2 Å². The number of anilines is 2. The third kappa shape index (κ3) is 5.56. The fourth-order valence-electron chi connectivity index (χ4n) is 2.59. The van der Waals surface area contributed by atoms with Crippen LogP contribution in [0.5, 0.6) is 0 Å². The topological polar surface area (TPSA) is 24.9 Å². The van der Waals surface area contributed by atoms with Gasteiger partial charge in [-0.1, -0.05) is 66.5 Å². The molecule has 0 amide bonds. The lowest BCUT2D eigenvalue weighted by Crippen LogP contribution is -2.14. The highest BCUT2D eigenvalue weighted by molar-refractivity contribution is 9.10. The van der Waals surface area contributed by atoms with E-state index in [1.807, 2.05) is 30.3 Å². The van der Waals surface area contributed by atoms with E-state index in [4.69, 9.17) is 16.6 Å². The Morgan fingerprint density at radius 3 is 2.42 bits per heavy atom. The van der Waals surface area contributed by atoms with Gasteiger partial charge in [0.2, 0.25) is 0 Å². The highest BCUT2D eigenvalue weighted by Gasteiger charge is 2.23. The highest BCUT2D eigenvalue weighted by atomic mass is 79.9. The summed E-state index contributed by atoms with van der Waals surface area (Å²) in [6.07, 6.45) is 0.863. The number of benzene rings is 2. The van der Waals surface area contributed by atoms with E-state index in [9.17, 15) is 0 Å². The predicted molar refractivity (Wildman–Crippen MR) is 123 cm³/mol. The molecule has 0 aliphatic carbocycles. The number of thiazole rings is 1. The average molecular weight is 517 g/mol. The summed E-state index contributed by atoms with van der Waals surface area (Å²) < 4.78 is 1.05. The summed E-state index contributed by atoms with van der Waals surface area (Å²) in [4.78, 5) is 6.17. The molecule has 0 atom stereocenters. The van der Waals surface area contributed by atoms with Crippen LogP contribution in [0.15, 0.2) is 53.0 Å². The number of nitrogens with one attached hydrogen (secondary N) is 1. The molecular formula is C20H21Br2ClN2S. The minimum Gasteiger partial charge on any atom is -0.332 e. The molecule has 0 fully saturated rings. The molecule has 6 heteroatoms. The van der Waals surface area contributed by atoms with Crippen molar-refractivity contribution >= 4 is 66.7 Å².